The summed E-state index contributed by atoms with van der Waals surface area (Å²) in [6.07, 6.45) is 1.53. The molecule has 0 radical (unpaired) electrons. The zero-order chi connectivity index (χ0) is 16.2. The van der Waals surface area contributed by atoms with Crippen LogP contribution in [0.2, 0.25) is 5.02 Å². The number of rotatable bonds is 5. The fraction of sp³-hybridized carbons (Fsp3) is 0.357. The van der Waals surface area contributed by atoms with E-state index in [1.807, 2.05) is 0 Å². The van der Waals surface area contributed by atoms with Crippen LogP contribution in [0.5, 0.6) is 0 Å². The lowest BCUT2D eigenvalue weighted by Crippen LogP contribution is -2.40. The molecule has 0 unspecified atom stereocenters. The Balaban J connectivity index is 2.31. The van der Waals surface area contributed by atoms with Crippen molar-refractivity contribution in [1.82, 2.24) is 9.62 Å². The van der Waals surface area contributed by atoms with Crippen LogP contribution in [0.15, 0.2) is 35.7 Å². The lowest BCUT2D eigenvalue weighted by molar-refractivity contribution is 0.0730. The van der Waals surface area contributed by atoms with Crippen LogP contribution < -0.4 is 5.32 Å². The number of nitrogens with one attached hydrogen (secondary N) is 1. The van der Waals surface area contributed by atoms with E-state index in [0.29, 0.717) is 26.3 Å². The molecule has 6 nitrogen and oxygen atoms in total. The third-order valence-electron chi connectivity index (χ3n) is 3.20. The number of halogens is 1. The summed E-state index contributed by atoms with van der Waals surface area (Å²) in [4.78, 5) is 12.1. The van der Waals surface area contributed by atoms with Crippen LogP contribution in [0.3, 0.4) is 0 Å². The number of ether oxygens (including phenoxy) is 1. The van der Waals surface area contributed by atoms with E-state index >= 15 is 0 Å². The van der Waals surface area contributed by atoms with Gasteiger partial charge in [-0.3, -0.25) is 4.79 Å². The van der Waals surface area contributed by atoms with Gasteiger partial charge >= 0.3 is 0 Å². The fourth-order valence-corrected chi connectivity index (χ4v) is 3.67. The van der Waals surface area contributed by atoms with E-state index in [2.05, 4.69) is 11.9 Å². The highest BCUT2D eigenvalue weighted by Gasteiger charge is 2.27. The number of hydrogen-bond acceptors (Lipinski definition) is 4. The smallest absolute Gasteiger partial charge is 0.253 e. The quantitative estimate of drug-likeness (QED) is 0.816. The molecule has 0 spiro atoms. The number of nitrogens with zero attached hydrogens (tertiary/aromatic N) is 1. The Morgan fingerprint density at radius 2 is 2.09 bits per heavy atom. The molecule has 0 aromatic heterocycles. The highest BCUT2D eigenvalue weighted by molar-refractivity contribution is 7.89. The Bertz CT molecular complexity index is 669. The average Bonchev–Trinajstić information content (AvgIpc) is 2.53. The minimum Gasteiger partial charge on any atom is -0.379 e. The maximum absolute atomic E-state index is 12.6. The third-order valence-corrected chi connectivity index (χ3v) is 5.42. The van der Waals surface area contributed by atoms with Crippen molar-refractivity contribution in [3.05, 3.63) is 41.4 Å². The first-order valence-corrected chi connectivity index (χ1v) is 8.55. The summed E-state index contributed by atoms with van der Waals surface area (Å²) in [5.41, 5.74) is 0.123. The van der Waals surface area contributed by atoms with Gasteiger partial charge in [0.05, 0.1) is 28.7 Å². The average molecular weight is 345 g/mol. The Kier molecular flexibility index (Phi) is 5.57. The van der Waals surface area contributed by atoms with Gasteiger partial charge in [0.25, 0.3) is 5.91 Å². The highest BCUT2D eigenvalue weighted by atomic mass is 35.5. The predicted molar refractivity (Wildman–Crippen MR) is 83.6 cm³/mol. The molecule has 1 aromatic carbocycles. The molecular formula is C14H17ClN2O4S. The number of amides is 1. The molecule has 22 heavy (non-hydrogen) atoms. The molecule has 1 amide bonds. The molecule has 0 aliphatic carbocycles. The second-order valence-electron chi connectivity index (χ2n) is 4.66. The zero-order valence-electron chi connectivity index (χ0n) is 11.9. The summed E-state index contributed by atoms with van der Waals surface area (Å²) in [7, 11) is -3.66. The van der Waals surface area contributed by atoms with Crippen LogP contribution in [0.25, 0.3) is 0 Å². The zero-order valence-corrected chi connectivity index (χ0v) is 13.5. The maximum Gasteiger partial charge on any atom is 0.253 e. The van der Waals surface area contributed by atoms with Gasteiger partial charge in [0.15, 0.2) is 0 Å². The number of benzene rings is 1. The first kappa shape index (κ1) is 17.0. The second-order valence-corrected chi connectivity index (χ2v) is 7.00. The summed E-state index contributed by atoms with van der Waals surface area (Å²) in [6.45, 7) is 5.09. The minimum absolute atomic E-state index is 0.0440. The normalized spacial score (nSPS) is 16.2. The van der Waals surface area contributed by atoms with E-state index in [-0.39, 0.29) is 22.0 Å². The van der Waals surface area contributed by atoms with Gasteiger partial charge in [0, 0.05) is 19.6 Å². The Morgan fingerprint density at radius 1 is 1.41 bits per heavy atom. The highest BCUT2D eigenvalue weighted by Crippen LogP contribution is 2.23. The molecule has 1 aromatic rings. The van der Waals surface area contributed by atoms with Crippen molar-refractivity contribution in [2.24, 2.45) is 0 Å². The first-order valence-electron chi connectivity index (χ1n) is 6.73. The molecule has 8 heteroatoms. The summed E-state index contributed by atoms with van der Waals surface area (Å²) < 4.78 is 31.6. The summed E-state index contributed by atoms with van der Waals surface area (Å²) in [5.74, 6) is -0.441. The monoisotopic (exact) mass is 344 g/mol. The molecule has 1 aliphatic heterocycles. The number of morpholine rings is 1. The lowest BCUT2D eigenvalue weighted by Gasteiger charge is -2.26. The van der Waals surface area contributed by atoms with Gasteiger partial charge in [-0.05, 0) is 18.2 Å². The van der Waals surface area contributed by atoms with E-state index in [4.69, 9.17) is 16.3 Å². The van der Waals surface area contributed by atoms with Crippen molar-refractivity contribution in [3.8, 4) is 0 Å². The van der Waals surface area contributed by atoms with Gasteiger partial charge in [-0.2, -0.15) is 4.31 Å². The Hall–Kier alpha value is -1.41. The fourth-order valence-electron chi connectivity index (χ4n) is 2.03. The van der Waals surface area contributed by atoms with Crippen molar-refractivity contribution in [3.63, 3.8) is 0 Å². The molecule has 1 N–H and O–H groups in total. The second kappa shape index (κ2) is 7.23. The van der Waals surface area contributed by atoms with Gasteiger partial charge in [-0.15, -0.1) is 6.58 Å². The first-order chi connectivity index (χ1) is 10.5. The summed E-state index contributed by atoms with van der Waals surface area (Å²) in [6, 6.07) is 4.11. The van der Waals surface area contributed by atoms with Gasteiger partial charge in [0.1, 0.15) is 0 Å². The summed E-state index contributed by atoms with van der Waals surface area (Å²) in [5, 5.41) is 2.77. The number of carbonyl (C=O) groups excluding carboxylic acids is 1. The SMILES string of the molecule is C=CCNC(=O)c1cc(S(=O)(=O)N2CCOCC2)ccc1Cl. The van der Waals surface area contributed by atoms with Crippen LogP contribution in [0.4, 0.5) is 0 Å². The standard InChI is InChI=1S/C14H17ClN2O4S/c1-2-5-16-14(18)12-10-11(3-4-13(12)15)22(19,20)17-6-8-21-9-7-17/h2-4,10H,1,5-9H2,(H,16,18). The molecule has 2 rings (SSSR count). The number of carbonyl (C=O) groups is 1. The lowest BCUT2D eigenvalue weighted by atomic mass is 10.2. The van der Waals surface area contributed by atoms with E-state index in [0.717, 1.165) is 0 Å². The van der Waals surface area contributed by atoms with Crippen molar-refractivity contribution in [2.45, 2.75) is 4.90 Å². The molecule has 1 fully saturated rings. The molecule has 1 heterocycles. The van der Waals surface area contributed by atoms with E-state index < -0.39 is 15.9 Å². The Morgan fingerprint density at radius 3 is 2.73 bits per heavy atom. The number of sulfonamides is 1. The van der Waals surface area contributed by atoms with E-state index in [1.54, 1.807) is 0 Å². The number of hydrogen-bond donors (Lipinski definition) is 1. The van der Waals surface area contributed by atoms with Gasteiger partial charge in [-0.1, -0.05) is 17.7 Å². The van der Waals surface area contributed by atoms with Gasteiger partial charge < -0.3 is 10.1 Å². The van der Waals surface area contributed by atoms with Crippen LogP contribution in [0.1, 0.15) is 10.4 Å². The van der Waals surface area contributed by atoms with Crippen molar-refractivity contribution >= 4 is 27.5 Å². The van der Waals surface area contributed by atoms with Crippen LogP contribution in [-0.4, -0.2) is 51.5 Å². The Labute approximate surface area is 134 Å². The van der Waals surface area contributed by atoms with Crippen molar-refractivity contribution in [2.75, 3.05) is 32.8 Å². The van der Waals surface area contributed by atoms with Crippen LogP contribution in [0, 0.1) is 0 Å². The molecule has 1 aliphatic rings. The van der Waals surface area contributed by atoms with Gasteiger partial charge in [0.2, 0.25) is 10.0 Å². The third kappa shape index (κ3) is 3.67. The largest absolute Gasteiger partial charge is 0.379 e. The molecule has 0 saturated carbocycles. The molecule has 0 bridgehead atoms. The molecule has 0 atom stereocenters. The molecular weight excluding hydrogens is 328 g/mol. The summed E-state index contributed by atoms with van der Waals surface area (Å²) >= 11 is 5.99. The van der Waals surface area contributed by atoms with E-state index in [1.165, 1.54) is 28.6 Å². The van der Waals surface area contributed by atoms with Crippen LogP contribution >= 0.6 is 11.6 Å². The predicted octanol–water partition coefficient (Wildman–Crippen LogP) is 1.28. The molecule has 120 valence electrons. The van der Waals surface area contributed by atoms with E-state index in [9.17, 15) is 13.2 Å². The topological polar surface area (TPSA) is 75.7 Å². The molecule has 1 saturated heterocycles. The maximum atomic E-state index is 12.6. The van der Waals surface area contributed by atoms with Crippen molar-refractivity contribution in [1.29, 1.82) is 0 Å². The van der Waals surface area contributed by atoms with Gasteiger partial charge in [-0.25, -0.2) is 8.42 Å². The van der Waals surface area contributed by atoms with Crippen LogP contribution in [-0.2, 0) is 14.8 Å². The van der Waals surface area contributed by atoms with Crippen molar-refractivity contribution < 1.29 is 17.9 Å². The minimum atomic E-state index is -3.66.